The summed E-state index contributed by atoms with van der Waals surface area (Å²) in [6, 6.07) is 18.2. The van der Waals surface area contributed by atoms with Crippen LogP contribution in [0.25, 0.3) is 0 Å². The molecule has 0 N–H and O–H groups in total. The Morgan fingerprint density at radius 1 is 0.909 bits per heavy atom. The Morgan fingerprint density at radius 2 is 1.55 bits per heavy atom. The largest absolute Gasteiger partial charge is 0.494 e. The molecule has 0 bridgehead atoms. The average Bonchev–Trinajstić information content (AvgIpc) is 2.55. The van der Waals surface area contributed by atoms with Gasteiger partial charge < -0.3 is 4.74 Å². The third-order valence-electron chi connectivity index (χ3n) is 3.60. The van der Waals surface area contributed by atoms with Gasteiger partial charge in [0.1, 0.15) is 5.75 Å². The van der Waals surface area contributed by atoms with Gasteiger partial charge in [-0.3, -0.25) is 4.79 Å². The number of unbranched alkanes of at least 4 members (excludes halogenated alkanes) is 1. The van der Waals surface area contributed by atoms with Crippen LogP contribution in [0, 0.1) is 0 Å². The summed E-state index contributed by atoms with van der Waals surface area (Å²) in [6.45, 7) is 5.51. The molecule has 0 spiro atoms. The molecule has 2 rings (SSSR count). The van der Waals surface area contributed by atoms with Gasteiger partial charge in [-0.15, -0.1) is 0 Å². The lowest BCUT2D eigenvalue weighted by molar-refractivity contribution is 0.103. The number of ether oxygens (including phenoxy) is 1. The summed E-state index contributed by atoms with van der Waals surface area (Å²) in [5.41, 5.74) is 1.42. The van der Waals surface area contributed by atoms with Crippen molar-refractivity contribution in [3.63, 3.8) is 0 Å². The third kappa shape index (κ3) is 5.15. The Hall–Kier alpha value is -1.87. The second kappa shape index (κ2) is 8.54. The average molecular weight is 312 g/mol. The van der Waals surface area contributed by atoms with Crippen LogP contribution in [0.3, 0.4) is 0 Å². The SMILES string of the molecule is C[SiH](C)CCCCOc1ccc(C(=O)c2ccccc2)cc1. The Bertz CT molecular complexity index is 576. The fraction of sp³-hybridized carbons (Fsp3) is 0.316. The van der Waals surface area contributed by atoms with E-state index in [2.05, 4.69) is 13.1 Å². The van der Waals surface area contributed by atoms with E-state index in [1.807, 2.05) is 54.6 Å². The van der Waals surface area contributed by atoms with Crippen molar-refractivity contribution in [3.8, 4) is 5.75 Å². The van der Waals surface area contributed by atoms with Crippen molar-refractivity contribution in [1.29, 1.82) is 0 Å². The Kier molecular flexibility index (Phi) is 6.40. The van der Waals surface area contributed by atoms with Crippen LogP contribution in [0.2, 0.25) is 19.1 Å². The van der Waals surface area contributed by atoms with Crippen molar-refractivity contribution in [2.24, 2.45) is 0 Å². The molecule has 0 aliphatic rings. The standard InChI is InChI=1S/C19H24O2Si/c1-22(2)15-7-6-14-21-18-12-10-17(11-13-18)19(20)16-8-4-3-5-9-16/h3-5,8-13,22H,6-7,14-15H2,1-2H3. The first-order valence-corrected chi connectivity index (χ1v) is 11.1. The fourth-order valence-electron chi connectivity index (χ4n) is 2.30. The second-order valence-corrected chi connectivity index (χ2v) is 9.32. The van der Waals surface area contributed by atoms with E-state index in [1.165, 1.54) is 12.5 Å². The first-order chi connectivity index (χ1) is 10.7. The molecule has 2 nitrogen and oxygen atoms in total. The first-order valence-electron chi connectivity index (χ1n) is 7.99. The van der Waals surface area contributed by atoms with Crippen LogP contribution in [-0.4, -0.2) is 21.2 Å². The van der Waals surface area contributed by atoms with Crippen molar-refractivity contribution in [1.82, 2.24) is 0 Å². The zero-order valence-electron chi connectivity index (χ0n) is 13.4. The van der Waals surface area contributed by atoms with E-state index in [1.54, 1.807) is 0 Å². The van der Waals surface area contributed by atoms with Crippen LogP contribution < -0.4 is 4.74 Å². The molecule has 0 aliphatic carbocycles. The molecule has 0 aliphatic heterocycles. The molecule has 2 aromatic rings. The number of hydrogen-bond acceptors (Lipinski definition) is 2. The molecule has 0 fully saturated rings. The van der Waals surface area contributed by atoms with E-state index in [0.29, 0.717) is 11.1 Å². The van der Waals surface area contributed by atoms with Gasteiger partial charge >= 0.3 is 0 Å². The molecular formula is C19H24O2Si. The summed E-state index contributed by atoms with van der Waals surface area (Å²) < 4.78 is 5.73. The number of carbonyl (C=O) groups is 1. The van der Waals surface area contributed by atoms with E-state index < -0.39 is 8.80 Å². The summed E-state index contributed by atoms with van der Waals surface area (Å²) in [5, 5.41) is 0. The molecule has 0 atom stereocenters. The maximum Gasteiger partial charge on any atom is 0.193 e. The molecule has 116 valence electrons. The third-order valence-corrected chi connectivity index (χ3v) is 5.16. The van der Waals surface area contributed by atoms with Gasteiger partial charge in [0.15, 0.2) is 5.78 Å². The smallest absolute Gasteiger partial charge is 0.193 e. The van der Waals surface area contributed by atoms with Crippen LogP contribution in [0.15, 0.2) is 54.6 Å². The lowest BCUT2D eigenvalue weighted by Crippen LogP contribution is -2.03. The highest BCUT2D eigenvalue weighted by Gasteiger charge is 2.08. The van der Waals surface area contributed by atoms with Crippen LogP contribution in [0.1, 0.15) is 28.8 Å². The summed E-state index contributed by atoms with van der Waals surface area (Å²) in [7, 11) is -0.428. The summed E-state index contributed by atoms with van der Waals surface area (Å²) in [6.07, 6.45) is 2.37. The number of hydrogen-bond donors (Lipinski definition) is 0. The van der Waals surface area contributed by atoms with Gasteiger partial charge in [-0.1, -0.05) is 55.9 Å². The highest BCUT2D eigenvalue weighted by atomic mass is 28.3. The monoisotopic (exact) mass is 312 g/mol. The Labute approximate surface area is 134 Å². The van der Waals surface area contributed by atoms with Gasteiger partial charge in [0.25, 0.3) is 0 Å². The maximum atomic E-state index is 12.3. The van der Waals surface area contributed by atoms with Gasteiger partial charge in [-0.2, -0.15) is 0 Å². The predicted octanol–water partition coefficient (Wildman–Crippen LogP) is 4.56. The number of carbonyl (C=O) groups excluding carboxylic acids is 1. The summed E-state index contributed by atoms with van der Waals surface area (Å²) in [4.78, 5) is 12.3. The molecule has 0 saturated heterocycles. The van der Waals surface area contributed by atoms with Crippen LogP contribution in [-0.2, 0) is 0 Å². The van der Waals surface area contributed by atoms with Crippen LogP contribution in [0.5, 0.6) is 5.75 Å². The minimum atomic E-state index is -0.428. The first kappa shape index (κ1) is 16.5. The summed E-state index contributed by atoms with van der Waals surface area (Å²) in [5.74, 6) is 0.889. The molecule has 2 aromatic carbocycles. The quantitative estimate of drug-likeness (QED) is 0.406. The molecule has 0 amide bonds. The van der Waals surface area contributed by atoms with E-state index >= 15 is 0 Å². The minimum absolute atomic E-state index is 0.0500. The zero-order valence-corrected chi connectivity index (χ0v) is 14.6. The van der Waals surface area contributed by atoms with E-state index in [0.717, 1.165) is 18.8 Å². The van der Waals surface area contributed by atoms with E-state index in [4.69, 9.17) is 4.74 Å². The van der Waals surface area contributed by atoms with Gasteiger partial charge in [-0.05, 0) is 30.7 Å². The lowest BCUT2D eigenvalue weighted by Gasteiger charge is -2.08. The van der Waals surface area contributed by atoms with Crippen molar-refractivity contribution >= 4 is 14.6 Å². The van der Waals surface area contributed by atoms with Gasteiger partial charge in [0.2, 0.25) is 0 Å². The van der Waals surface area contributed by atoms with E-state index in [-0.39, 0.29) is 5.78 Å². The topological polar surface area (TPSA) is 26.3 Å². The molecule has 0 heterocycles. The van der Waals surface area contributed by atoms with Gasteiger partial charge in [0, 0.05) is 19.9 Å². The second-order valence-electron chi connectivity index (χ2n) is 5.96. The molecule has 0 unspecified atom stereocenters. The molecule has 3 heteroatoms. The number of benzene rings is 2. The van der Waals surface area contributed by atoms with Crippen molar-refractivity contribution in [2.45, 2.75) is 32.0 Å². The normalized spacial score (nSPS) is 10.7. The Balaban J connectivity index is 1.84. The van der Waals surface area contributed by atoms with Crippen LogP contribution in [0.4, 0.5) is 0 Å². The number of ketones is 1. The maximum absolute atomic E-state index is 12.3. The molecule has 22 heavy (non-hydrogen) atoms. The van der Waals surface area contributed by atoms with Crippen molar-refractivity contribution in [3.05, 3.63) is 65.7 Å². The molecule has 0 saturated carbocycles. The highest BCUT2D eigenvalue weighted by molar-refractivity contribution is 6.55. The fourth-order valence-corrected chi connectivity index (χ4v) is 3.41. The van der Waals surface area contributed by atoms with Crippen molar-refractivity contribution < 1.29 is 9.53 Å². The predicted molar refractivity (Wildman–Crippen MR) is 94.7 cm³/mol. The number of rotatable bonds is 8. The van der Waals surface area contributed by atoms with Gasteiger partial charge in [0.05, 0.1) is 6.61 Å². The Morgan fingerprint density at radius 3 is 2.18 bits per heavy atom. The van der Waals surface area contributed by atoms with E-state index in [9.17, 15) is 4.79 Å². The minimum Gasteiger partial charge on any atom is -0.494 e. The molecule has 0 aromatic heterocycles. The molecular weight excluding hydrogens is 288 g/mol. The molecule has 0 radical (unpaired) electrons. The highest BCUT2D eigenvalue weighted by Crippen LogP contribution is 2.16. The zero-order chi connectivity index (χ0) is 15.8. The lowest BCUT2D eigenvalue weighted by atomic mass is 10.0. The van der Waals surface area contributed by atoms with Gasteiger partial charge in [-0.25, -0.2) is 0 Å². The summed E-state index contributed by atoms with van der Waals surface area (Å²) >= 11 is 0. The van der Waals surface area contributed by atoms with Crippen LogP contribution >= 0.6 is 0 Å². The van der Waals surface area contributed by atoms with Crippen molar-refractivity contribution in [2.75, 3.05) is 6.61 Å².